The van der Waals surface area contributed by atoms with Gasteiger partial charge >= 0.3 is 0 Å². The van der Waals surface area contributed by atoms with Gasteiger partial charge in [-0.1, -0.05) is 12.1 Å². The lowest BCUT2D eigenvalue weighted by molar-refractivity contribution is -0.117. The van der Waals surface area contributed by atoms with E-state index in [1.165, 1.54) is 5.56 Å². The molecule has 0 atom stereocenters. The number of halogens is 1. The molecule has 0 aliphatic carbocycles. The van der Waals surface area contributed by atoms with Gasteiger partial charge in [0.1, 0.15) is 0 Å². The Morgan fingerprint density at radius 1 is 1.24 bits per heavy atom. The van der Waals surface area contributed by atoms with Gasteiger partial charge in [0.05, 0.1) is 11.9 Å². The van der Waals surface area contributed by atoms with Gasteiger partial charge in [0.15, 0.2) is 0 Å². The molecule has 3 rings (SSSR count). The zero-order chi connectivity index (χ0) is 14.7. The van der Waals surface area contributed by atoms with E-state index in [4.69, 9.17) is 0 Å². The standard InChI is InChI=1S/C16H16BrN3O/c17-13-8-14(11-18-10-13)19-9-12-3-5-15(6-4-12)20-7-1-2-16(20)21/h3-6,8,10-11,19H,1-2,7,9H2. The molecule has 1 saturated heterocycles. The van der Waals surface area contributed by atoms with Crippen molar-refractivity contribution in [1.29, 1.82) is 0 Å². The van der Waals surface area contributed by atoms with Crippen molar-refractivity contribution in [2.45, 2.75) is 19.4 Å². The van der Waals surface area contributed by atoms with Crippen molar-refractivity contribution in [3.8, 4) is 0 Å². The van der Waals surface area contributed by atoms with Crippen LogP contribution in [0.25, 0.3) is 0 Å². The number of anilines is 2. The summed E-state index contributed by atoms with van der Waals surface area (Å²) in [6.45, 7) is 1.56. The lowest BCUT2D eigenvalue weighted by Crippen LogP contribution is -2.23. The first-order valence-corrected chi connectivity index (χ1v) is 7.75. The maximum atomic E-state index is 11.7. The number of hydrogen-bond donors (Lipinski definition) is 1. The molecule has 1 fully saturated rings. The molecule has 0 saturated carbocycles. The monoisotopic (exact) mass is 345 g/mol. The summed E-state index contributed by atoms with van der Waals surface area (Å²) in [5.74, 6) is 0.223. The maximum Gasteiger partial charge on any atom is 0.227 e. The van der Waals surface area contributed by atoms with Crippen molar-refractivity contribution in [2.24, 2.45) is 0 Å². The largest absolute Gasteiger partial charge is 0.380 e. The molecular formula is C16H16BrN3O. The third kappa shape index (κ3) is 3.42. The van der Waals surface area contributed by atoms with Crippen molar-refractivity contribution < 1.29 is 4.79 Å². The number of rotatable bonds is 4. The van der Waals surface area contributed by atoms with Crippen LogP contribution in [0.1, 0.15) is 18.4 Å². The van der Waals surface area contributed by atoms with Crippen LogP contribution in [0, 0.1) is 0 Å². The number of amides is 1. The molecule has 0 bridgehead atoms. The predicted molar refractivity (Wildman–Crippen MR) is 87.3 cm³/mol. The highest BCUT2D eigenvalue weighted by molar-refractivity contribution is 9.10. The van der Waals surface area contributed by atoms with Gasteiger partial charge in [-0.25, -0.2) is 0 Å². The number of aromatic nitrogens is 1. The van der Waals surface area contributed by atoms with Gasteiger partial charge in [-0.2, -0.15) is 0 Å². The maximum absolute atomic E-state index is 11.7. The average Bonchev–Trinajstić information content (AvgIpc) is 2.92. The molecule has 4 nitrogen and oxygen atoms in total. The topological polar surface area (TPSA) is 45.2 Å². The summed E-state index contributed by atoms with van der Waals surface area (Å²) < 4.78 is 0.954. The smallest absolute Gasteiger partial charge is 0.227 e. The van der Waals surface area contributed by atoms with E-state index in [0.717, 1.165) is 35.4 Å². The third-order valence-corrected chi connectivity index (χ3v) is 3.96. The first-order valence-electron chi connectivity index (χ1n) is 6.96. The number of benzene rings is 1. The van der Waals surface area contributed by atoms with Gasteiger partial charge in [0, 0.05) is 35.9 Å². The molecule has 0 radical (unpaired) electrons. The molecule has 1 N–H and O–H groups in total. The second kappa shape index (κ2) is 6.26. The van der Waals surface area contributed by atoms with Crippen LogP contribution >= 0.6 is 15.9 Å². The van der Waals surface area contributed by atoms with E-state index in [1.807, 2.05) is 23.1 Å². The fourth-order valence-corrected chi connectivity index (χ4v) is 2.79. The van der Waals surface area contributed by atoms with E-state index < -0.39 is 0 Å². The molecule has 21 heavy (non-hydrogen) atoms. The fourth-order valence-electron chi connectivity index (χ4n) is 2.43. The Kier molecular flexibility index (Phi) is 4.20. The molecule has 0 spiro atoms. The van der Waals surface area contributed by atoms with Gasteiger partial charge in [-0.15, -0.1) is 0 Å². The van der Waals surface area contributed by atoms with Gasteiger partial charge in [-0.05, 0) is 46.1 Å². The van der Waals surface area contributed by atoms with E-state index in [1.54, 1.807) is 12.4 Å². The Bertz CT molecular complexity index is 642. The number of nitrogens with zero attached hydrogens (tertiary/aromatic N) is 2. The minimum absolute atomic E-state index is 0.223. The number of pyridine rings is 1. The molecule has 5 heteroatoms. The van der Waals surface area contributed by atoms with Crippen LogP contribution in [0.15, 0.2) is 47.2 Å². The molecule has 1 aromatic carbocycles. The fraction of sp³-hybridized carbons (Fsp3) is 0.250. The second-order valence-corrected chi connectivity index (χ2v) is 5.98. The molecule has 1 amide bonds. The molecule has 0 unspecified atom stereocenters. The Morgan fingerprint density at radius 3 is 2.71 bits per heavy atom. The van der Waals surface area contributed by atoms with E-state index >= 15 is 0 Å². The summed E-state index contributed by atoms with van der Waals surface area (Å²) in [4.78, 5) is 17.7. The molecule has 1 aromatic heterocycles. The quantitative estimate of drug-likeness (QED) is 0.920. The highest BCUT2D eigenvalue weighted by atomic mass is 79.9. The van der Waals surface area contributed by atoms with E-state index in [0.29, 0.717) is 6.42 Å². The van der Waals surface area contributed by atoms with Crippen LogP contribution in [0.3, 0.4) is 0 Å². The summed E-state index contributed by atoms with van der Waals surface area (Å²) in [7, 11) is 0. The van der Waals surface area contributed by atoms with Gasteiger partial charge in [-0.3, -0.25) is 9.78 Å². The van der Waals surface area contributed by atoms with E-state index in [9.17, 15) is 4.79 Å². The van der Waals surface area contributed by atoms with Crippen molar-refractivity contribution in [3.63, 3.8) is 0 Å². The summed E-state index contributed by atoms with van der Waals surface area (Å²) in [5.41, 5.74) is 3.14. The Hall–Kier alpha value is -1.88. The predicted octanol–water partition coefficient (Wildman–Crippen LogP) is 3.58. The highest BCUT2D eigenvalue weighted by Crippen LogP contribution is 2.22. The summed E-state index contributed by atoms with van der Waals surface area (Å²) in [6.07, 6.45) is 5.17. The Labute approximate surface area is 132 Å². The van der Waals surface area contributed by atoms with Crippen molar-refractivity contribution in [2.75, 3.05) is 16.8 Å². The van der Waals surface area contributed by atoms with Crippen LogP contribution in [0.5, 0.6) is 0 Å². The van der Waals surface area contributed by atoms with Crippen molar-refractivity contribution >= 4 is 33.2 Å². The van der Waals surface area contributed by atoms with Crippen LogP contribution in [-0.2, 0) is 11.3 Å². The molecule has 2 heterocycles. The van der Waals surface area contributed by atoms with Crippen molar-refractivity contribution in [1.82, 2.24) is 4.98 Å². The number of carbonyl (C=O) groups excluding carboxylic acids is 1. The van der Waals surface area contributed by atoms with Crippen LogP contribution in [-0.4, -0.2) is 17.4 Å². The lowest BCUT2D eigenvalue weighted by Gasteiger charge is -2.16. The number of hydrogen-bond acceptors (Lipinski definition) is 3. The van der Waals surface area contributed by atoms with E-state index in [-0.39, 0.29) is 5.91 Å². The van der Waals surface area contributed by atoms with E-state index in [2.05, 4.69) is 38.4 Å². The minimum atomic E-state index is 0.223. The minimum Gasteiger partial charge on any atom is -0.380 e. The zero-order valence-corrected chi connectivity index (χ0v) is 13.1. The Balaban J connectivity index is 1.63. The second-order valence-electron chi connectivity index (χ2n) is 5.06. The van der Waals surface area contributed by atoms with Crippen LogP contribution in [0.2, 0.25) is 0 Å². The van der Waals surface area contributed by atoms with Crippen molar-refractivity contribution in [3.05, 3.63) is 52.8 Å². The molecule has 1 aliphatic heterocycles. The normalized spacial score (nSPS) is 14.5. The lowest BCUT2D eigenvalue weighted by atomic mass is 10.2. The van der Waals surface area contributed by atoms with Gasteiger partial charge in [0.2, 0.25) is 5.91 Å². The first kappa shape index (κ1) is 14.1. The Morgan fingerprint density at radius 2 is 2.05 bits per heavy atom. The van der Waals surface area contributed by atoms with Crippen LogP contribution < -0.4 is 10.2 Å². The molecule has 108 valence electrons. The summed E-state index contributed by atoms with van der Waals surface area (Å²) in [5, 5.41) is 3.33. The molecule has 1 aliphatic rings. The number of nitrogens with one attached hydrogen (secondary N) is 1. The SMILES string of the molecule is O=C1CCCN1c1ccc(CNc2cncc(Br)c2)cc1. The summed E-state index contributed by atoms with van der Waals surface area (Å²) >= 11 is 3.40. The first-order chi connectivity index (χ1) is 10.2. The van der Waals surface area contributed by atoms with Gasteiger partial charge < -0.3 is 10.2 Å². The van der Waals surface area contributed by atoms with Gasteiger partial charge in [0.25, 0.3) is 0 Å². The zero-order valence-electron chi connectivity index (χ0n) is 11.6. The number of carbonyl (C=O) groups is 1. The molecule has 2 aromatic rings. The molecular weight excluding hydrogens is 330 g/mol. The summed E-state index contributed by atoms with van der Waals surface area (Å²) in [6, 6.07) is 10.1. The van der Waals surface area contributed by atoms with Crippen LogP contribution in [0.4, 0.5) is 11.4 Å². The third-order valence-electron chi connectivity index (χ3n) is 3.52. The average molecular weight is 346 g/mol. The highest BCUT2D eigenvalue weighted by Gasteiger charge is 2.21.